The fourth-order valence-corrected chi connectivity index (χ4v) is 3.70. The third-order valence-electron chi connectivity index (χ3n) is 4.68. The molecule has 4 atom stereocenters. The number of carbonyl (C=O) groups excluding carboxylic acids is 2. The van der Waals surface area contributed by atoms with Gasteiger partial charge in [-0.2, -0.15) is 0 Å². The second kappa shape index (κ2) is 8.32. The number of hydrogen-bond acceptors (Lipinski definition) is 5. The molecule has 6 nitrogen and oxygen atoms in total. The maximum atomic E-state index is 11.6. The van der Waals surface area contributed by atoms with Crippen LogP contribution in [0.1, 0.15) is 48.0 Å². The van der Waals surface area contributed by atoms with Gasteiger partial charge >= 0.3 is 17.9 Å². The summed E-state index contributed by atoms with van der Waals surface area (Å²) in [6.45, 7) is 10.4. The van der Waals surface area contributed by atoms with Gasteiger partial charge in [0, 0.05) is 25.3 Å². The van der Waals surface area contributed by atoms with E-state index < -0.39 is 35.5 Å². The zero-order valence-electron chi connectivity index (χ0n) is 15.7. The van der Waals surface area contributed by atoms with Crippen LogP contribution in [0.25, 0.3) is 0 Å². The van der Waals surface area contributed by atoms with Crippen molar-refractivity contribution in [1.29, 1.82) is 0 Å². The van der Waals surface area contributed by atoms with Gasteiger partial charge in [0.2, 0.25) is 0 Å². The number of aliphatic carboxylic acids is 1. The fourth-order valence-electron chi connectivity index (χ4n) is 3.70. The Morgan fingerprint density at radius 3 is 2.12 bits per heavy atom. The lowest BCUT2D eigenvalue weighted by Gasteiger charge is -2.49. The summed E-state index contributed by atoms with van der Waals surface area (Å²) in [6, 6.07) is 0. The highest BCUT2D eigenvalue weighted by Gasteiger charge is 2.51. The molecule has 1 unspecified atom stereocenters. The van der Waals surface area contributed by atoms with Crippen LogP contribution in [0, 0.1) is 17.3 Å². The van der Waals surface area contributed by atoms with E-state index in [9.17, 15) is 14.4 Å². The van der Waals surface area contributed by atoms with Crippen LogP contribution in [0.2, 0.25) is 0 Å². The molecule has 0 spiro atoms. The maximum Gasteiger partial charge on any atom is 0.328 e. The molecule has 0 radical (unpaired) electrons. The molecule has 0 saturated heterocycles. The summed E-state index contributed by atoms with van der Waals surface area (Å²) < 4.78 is 10.9. The Balaban J connectivity index is 3.15. The number of rotatable bonds is 5. The minimum absolute atomic E-state index is 0.0285. The van der Waals surface area contributed by atoms with E-state index in [-0.39, 0.29) is 11.8 Å². The fraction of sp³-hybridized carbons (Fsp3) is 0.632. The van der Waals surface area contributed by atoms with E-state index >= 15 is 0 Å². The minimum Gasteiger partial charge on any atom is -0.478 e. The van der Waals surface area contributed by atoms with E-state index in [1.54, 1.807) is 13.0 Å². The Hall–Kier alpha value is -2.11. The first-order valence-electron chi connectivity index (χ1n) is 8.39. The lowest BCUT2D eigenvalue weighted by Crippen LogP contribution is -2.54. The molecule has 25 heavy (non-hydrogen) atoms. The molecular weight excluding hydrogens is 324 g/mol. The second-order valence-electron chi connectivity index (χ2n) is 7.32. The van der Waals surface area contributed by atoms with Crippen molar-refractivity contribution in [2.75, 3.05) is 0 Å². The Bertz CT molecular complexity index is 587. The van der Waals surface area contributed by atoms with Gasteiger partial charge in [0.15, 0.2) is 0 Å². The monoisotopic (exact) mass is 352 g/mol. The van der Waals surface area contributed by atoms with Gasteiger partial charge in [0.1, 0.15) is 12.2 Å². The summed E-state index contributed by atoms with van der Waals surface area (Å²) in [6.07, 6.45) is 4.38. The topological polar surface area (TPSA) is 89.9 Å². The molecular formula is C19H28O6. The van der Waals surface area contributed by atoms with Crippen LogP contribution in [-0.4, -0.2) is 35.2 Å². The highest BCUT2D eigenvalue weighted by atomic mass is 16.6. The molecule has 6 heteroatoms. The van der Waals surface area contributed by atoms with E-state index in [1.165, 1.54) is 13.8 Å². The summed E-state index contributed by atoms with van der Waals surface area (Å²) in [7, 11) is 0. The number of carboxylic acid groups (broad SMARTS) is 1. The van der Waals surface area contributed by atoms with Crippen molar-refractivity contribution in [3.8, 4) is 0 Å². The normalized spacial score (nSPS) is 29.3. The molecule has 1 N–H and O–H groups in total. The van der Waals surface area contributed by atoms with Gasteiger partial charge in [-0.25, -0.2) is 4.79 Å². The van der Waals surface area contributed by atoms with Crippen molar-refractivity contribution in [3.05, 3.63) is 23.8 Å². The largest absolute Gasteiger partial charge is 0.478 e. The average Bonchev–Trinajstić information content (AvgIpc) is 2.41. The number of allylic oxidation sites excluding steroid dienone is 3. The number of ether oxygens (including phenoxy) is 2. The van der Waals surface area contributed by atoms with Gasteiger partial charge < -0.3 is 14.6 Å². The van der Waals surface area contributed by atoms with Crippen molar-refractivity contribution >= 4 is 17.9 Å². The third kappa shape index (κ3) is 5.73. The van der Waals surface area contributed by atoms with Gasteiger partial charge in [-0.15, -0.1) is 0 Å². The number of carbonyl (C=O) groups is 3. The van der Waals surface area contributed by atoms with Crippen molar-refractivity contribution in [2.45, 2.75) is 60.2 Å². The second-order valence-corrected chi connectivity index (χ2v) is 7.32. The number of hydrogen-bond donors (Lipinski definition) is 1. The molecule has 0 aliphatic heterocycles. The van der Waals surface area contributed by atoms with Gasteiger partial charge in [-0.1, -0.05) is 32.9 Å². The molecule has 1 saturated carbocycles. The van der Waals surface area contributed by atoms with E-state index in [0.29, 0.717) is 12.0 Å². The van der Waals surface area contributed by atoms with E-state index in [2.05, 4.69) is 0 Å². The summed E-state index contributed by atoms with van der Waals surface area (Å²) in [5, 5.41) is 8.82. The summed E-state index contributed by atoms with van der Waals surface area (Å²) in [4.78, 5) is 33.7. The Morgan fingerprint density at radius 1 is 1.08 bits per heavy atom. The number of esters is 2. The van der Waals surface area contributed by atoms with Gasteiger partial charge in [0.05, 0.1) is 0 Å². The first-order valence-corrected chi connectivity index (χ1v) is 8.39. The molecule has 140 valence electrons. The molecule has 1 aliphatic carbocycles. The molecule has 0 aromatic carbocycles. The molecule has 0 heterocycles. The van der Waals surface area contributed by atoms with Crippen LogP contribution >= 0.6 is 0 Å². The van der Waals surface area contributed by atoms with Crippen molar-refractivity contribution in [3.63, 3.8) is 0 Å². The summed E-state index contributed by atoms with van der Waals surface area (Å²) in [5.41, 5.74) is 0.144. The maximum absolute atomic E-state index is 11.6. The molecule has 1 fully saturated rings. The molecule has 1 rings (SSSR count). The highest BCUT2D eigenvalue weighted by molar-refractivity contribution is 5.81. The van der Waals surface area contributed by atoms with E-state index in [4.69, 9.17) is 14.6 Å². The van der Waals surface area contributed by atoms with E-state index in [0.717, 1.165) is 6.08 Å². The summed E-state index contributed by atoms with van der Waals surface area (Å²) in [5.74, 6) is -1.62. The van der Waals surface area contributed by atoms with Gasteiger partial charge in [-0.05, 0) is 30.8 Å². The summed E-state index contributed by atoms with van der Waals surface area (Å²) >= 11 is 0. The standard InChI is InChI=1S/C19H28O6/c1-11(9-17(22)23)7-8-15-12(2)10-16(24-13(3)20)18(19(15,5)6)25-14(4)21/h7-9,12,15-16,18H,10H2,1-6H3,(H,22,23)/b8-7+,11-9+/t12-,15?,16-,18-/m1/s1. The predicted octanol–water partition coefficient (Wildman–Crippen LogP) is 3.12. The first kappa shape index (κ1) is 20.9. The smallest absolute Gasteiger partial charge is 0.328 e. The van der Waals surface area contributed by atoms with Crippen LogP contribution in [0.5, 0.6) is 0 Å². The lowest BCUT2D eigenvalue weighted by atomic mass is 9.61. The zero-order valence-corrected chi connectivity index (χ0v) is 15.7. The Labute approximate surface area is 148 Å². The lowest BCUT2D eigenvalue weighted by molar-refractivity contribution is -0.190. The minimum atomic E-state index is -0.995. The van der Waals surface area contributed by atoms with Crippen LogP contribution in [0.3, 0.4) is 0 Å². The molecule has 0 aromatic heterocycles. The Morgan fingerprint density at radius 2 is 1.64 bits per heavy atom. The highest BCUT2D eigenvalue weighted by Crippen LogP contribution is 2.47. The van der Waals surface area contributed by atoms with Crippen LogP contribution < -0.4 is 0 Å². The zero-order chi connectivity index (χ0) is 19.4. The Kier molecular flexibility index (Phi) is 6.96. The van der Waals surface area contributed by atoms with E-state index in [1.807, 2.05) is 26.8 Å². The molecule has 0 amide bonds. The van der Waals surface area contributed by atoms with Crippen LogP contribution in [0.4, 0.5) is 0 Å². The van der Waals surface area contributed by atoms with Gasteiger partial charge in [0.25, 0.3) is 0 Å². The van der Waals surface area contributed by atoms with Crippen molar-refractivity contribution < 1.29 is 29.0 Å². The quantitative estimate of drug-likeness (QED) is 0.464. The first-order chi connectivity index (χ1) is 11.4. The molecule has 1 aliphatic rings. The SMILES string of the molecule is CC(=O)O[C@@H]1[C@H](OC(C)=O)C[C@@H](C)C(/C=C/C(C)=C/C(=O)O)C1(C)C. The van der Waals surface area contributed by atoms with Gasteiger partial charge in [-0.3, -0.25) is 9.59 Å². The average molecular weight is 352 g/mol. The predicted molar refractivity (Wildman–Crippen MR) is 92.7 cm³/mol. The number of carboxylic acids is 1. The van der Waals surface area contributed by atoms with Crippen molar-refractivity contribution in [2.24, 2.45) is 17.3 Å². The van der Waals surface area contributed by atoms with Crippen LogP contribution in [0.15, 0.2) is 23.8 Å². The van der Waals surface area contributed by atoms with Crippen molar-refractivity contribution in [1.82, 2.24) is 0 Å². The molecule has 0 aromatic rings. The molecule has 0 bridgehead atoms. The van der Waals surface area contributed by atoms with Crippen LogP contribution in [-0.2, 0) is 23.9 Å². The third-order valence-corrected chi connectivity index (χ3v) is 4.68.